The van der Waals surface area contributed by atoms with E-state index in [2.05, 4.69) is 10.6 Å². The van der Waals surface area contributed by atoms with Crippen LogP contribution in [0.5, 0.6) is 0 Å². The highest BCUT2D eigenvalue weighted by molar-refractivity contribution is 6.12. The van der Waals surface area contributed by atoms with Crippen LogP contribution in [-0.2, 0) is 0 Å². The summed E-state index contributed by atoms with van der Waals surface area (Å²) in [7, 11) is 0. The Labute approximate surface area is 157 Å². The second-order valence-electron chi connectivity index (χ2n) is 7.34. The van der Waals surface area contributed by atoms with Gasteiger partial charge in [-0.2, -0.15) is 0 Å². The predicted molar refractivity (Wildman–Crippen MR) is 108 cm³/mol. The summed E-state index contributed by atoms with van der Waals surface area (Å²) in [5.41, 5.74) is 1.01. The van der Waals surface area contributed by atoms with Crippen LogP contribution in [0.3, 0.4) is 0 Å². The van der Waals surface area contributed by atoms with E-state index in [1.807, 2.05) is 63.2 Å². The van der Waals surface area contributed by atoms with Gasteiger partial charge in [0.2, 0.25) is 0 Å². The molecule has 3 aromatic rings. The number of hydrogen-bond donors (Lipinski definition) is 2. The molecule has 0 aliphatic heterocycles. The number of nitro groups is 1. The van der Waals surface area contributed by atoms with Gasteiger partial charge in [0.25, 0.3) is 11.6 Å². The zero-order valence-electron chi connectivity index (χ0n) is 15.4. The highest BCUT2D eigenvalue weighted by atomic mass is 16.6. The quantitative estimate of drug-likeness (QED) is 0.492. The van der Waals surface area contributed by atoms with E-state index in [1.54, 1.807) is 6.07 Å². The number of nitrogens with zero attached hydrogens (tertiary/aromatic N) is 1. The zero-order chi connectivity index (χ0) is 19.6. The van der Waals surface area contributed by atoms with Crippen LogP contribution in [0.1, 0.15) is 31.1 Å². The number of non-ortho nitro benzene ring substituents is 1. The van der Waals surface area contributed by atoms with Gasteiger partial charge in [-0.1, -0.05) is 36.4 Å². The zero-order valence-corrected chi connectivity index (χ0v) is 15.4. The van der Waals surface area contributed by atoms with Crippen LogP contribution in [0.15, 0.2) is 60.7 Å². The molecule has 0 radical (unpaired) electrons. The van der Waals surface area contributed by atoms with Gasteiger partial charge in [0.1, 0.15) is 0 Å². The summed E-state index contributed by atoms with van der Waals surface area (Å²) in [4.78, 5) is 23.6. The minimum Gasteiger partial charge on any atom is -0.380 e. The van der Waals surface area contributed by atoms with E-state index in [0.29, 0.717) is 11.4 Å². The van der Waals surface area contributed by atoms with Gasteiger partial charge in [-0.15, -0.1) is 0 Å². The van der Waals surface area contributed by atoms with Gasteiger partial charge in [0.15, 0.2) is 0 Å². The number of benzene rings is 3. The molecule has 0 aliphatic rings. The van der Waals surface area contributed by atoms with E-state index < -0.39 is 10.8 Å². The van der Waals surface area contributed by atoms with E-state index in [9.17, 15) is 14.9 Å². The minimum atomic E-state index is -0.504. The topological polar surface area (TPSA) is 84.3 Å². The molecule has 1 amide bonds. The average Bonchev–Trinajstić information content (AvgIpc) is 2.61. The minimum absolute atomic E-state index is 0.127. The largest absolute Gasteiger partial charge is 0.380 e. The first-order valence-corrected chi connectivity index (χ1v) is 8.60. The summed E-state index contributed by atoms with van der Waals surface area (Å²) in [6.45, 7) is 5.88. The fourth-order valence-corrected chi connectivity index (χ4v) is 2.87. The fraction of sp³-hybridized carbons (Fsp3) is 0.190. The molecule has 0 fully saturated rings. The molecule has 3 aromatic carbocycles. The van der Waals surface area contributed by atoms with Crippen molar-refractivity contribution in [1.29, 1.82) is 0 Å². The van der Waals surface area contributed by atoms with Gasteiger partial charge in [-0.25, -0.2) is 0 Å². The molecule has 0 spiro atoms. The maximum absolute atomic E-state index is 13.0. The Morgan fingerprint density at radius 3 is 2.37 bits per heavy atom. The lowest BCUT2D eigenvalue weighted by Crippen LogP contribution is -2.28. The van der Waals surface area contributed by atoms with Crippen molar-refractivity contribution in [2.45, 2.75) is 26.3 Å². The summed E-state index contributed by atoms with van der Waals surface area (Å²) in [5.74, 6) is -0.401. The molecular formula is C21H21N3O3. The predicted octanol–water partition coefficient (Wildman–Crippen LogP) is 5.21. The van der Waals surface area contributed by atoms with Crippen molar-refractivity contribution < 1.29 is 9.72 Å². The normalized spacial score (nSPS) is 11.2. The third-order valence-corrected chi connectivity index (χ3v) is 4.01. The number of carbonyl (C=O) groups excluding carboxylic acids is 1. The van der Waals surface area contributed by atoms with Crippen molar-refractivity contribution in [1.82, 2.24) is 0 Å². The molecule has 0 atom stereocenters. The van der Waals surface area contributed by atoms with Gasteiger partial charge in [-0.05, 0) is 38.3 Å². The van der Waals surface area contributed by atoms with Crippen LogP contribution in [0.25, 0.3) is 10.8 Å². The summed E-state index contributed by atoms with van der Waals surface area (Å²) >= 11 is 0. The number of nitrogens with one attached hydrogen (secondary N) is 2. The van der Waals surface area contributed by atoms with Gasteiger partial charge in [0, 0.05) is 34.4 Å². The molecule has 0 bridgehead atoms. The highest BCUT2D eigenvalue weighted by Crippen LogP contribution is 2.28. The van der Waals surface area contributed by atoms with Crippen molar-refractivity contribution in [2.24, 2.45) is 0 Å². The molecule has 0 heterocycles. The van der Waals surface area contributed by atoms with Crippen LogP contribution in [-0.4, -0.2) is 16.4 Å². The molecule has 0 saturated heterocycles. The van der Waals surface area contributed by atoms with Crippen molar-refractivity contribution >= 4 is 33.7 Å². The maximum Gasteiger partial charge on any atom is 0.270 e. The van der Waals surface area contributed by atoms with E-state index >= 15 is 0 Å². The maximum atomic E-state index is 13.0. The summed E-state index contributed by atoms with van der Waals surface area (Å²) in [6, 6.07) is 17.6. The summed E-state index contributed by atoms with van der Waals surface area (Å²) in [6.07, 6.45) is 0. The molecular weight excluding hydrogens is 342 g/mol. The molecule has 138 valence electrons. The molecule has 0 saturated carbocycles. The highest BCUT2D eigenvalue weighted by Gasteiger charge is 2.20. The third kappa shape index (κ3) is 4.23. The van der Waals surface area contributed by atoms with E-state index in [4.69, 9.17) is 0 Å². The number of nitro benzene ring substituents is 1. The Kier molecular flexibility index (Phi) is 4.81. The van der Waals surface area contributed by atoms with Crippen molar-refractivity contribution in [2.75, 3.05) is 10.6 Å². The van der Waals surface area contributed by atoms with Gasteiger partial charge in [-0.3, -0.25) is 14.9 Å². The number of amides is 1. The second-order valence-corrected chi connectivity index (χ2v) is 7.34. The number of anilines is 2. The van der Waals surface area contributed by atoms with E-state index in [-0.39, 0.29) is 16.8 Å². The lowest BCUT2D eigenvalue weighted by Gasteiger charge is -2.24. The van der Waals surface area contributed by atoms with Crippen LogP contribution in [0.2, 0.25) is 0 Å². The Bertz CT molecular complexity index is 1020. The summed E-state index contributed by atoms with van der Waals surface area (Å²) < 4.78 is 0. The van der Waals surface area contributed by atoms with E-state index in [0.717, 1.165) is 10.8 Å². The van der Waals surface area contributed by atoms with Gasteiger partial charge < -0.3 is 10.6 Å². The third-order valence-electron chi connectivity index (χ3n) is 4.01. The molecule has 27 heavy (non-hydrogen) atoms. The molecule has 0 aliphatic carbocycles. The lowest BCUT2D eigenvalue weighted by atomic mass is 10.0. The van der Waals surface area contributed by atoms with Crippen molar-refractivity contribution in [3.8, 4) is 0 Å². The first kappa shape index (κ1) is 18.4. The molecule has 2 N–H and O–H groups in total. The van der Waals surface area contributed by atoms with Crippen LogP contribution in [0, 0.1) is 10.1 Å². The lowest BCUT2D eigenvalue weighted by molar-refractivity contribution is -0.384. The first-order valence-electron chi connectivity index (χ1n) is 8.60. The van der Waals surface area contributed by atoms with Crippen LogP contribution in [0.4, 0.5) is 17.1 Å². The number of fused-ring (bicyclic) bond motifs is 1. The molecule has 0 unspecified atom stereocenters. The van der Waals surface area contributed by atoms with Crippen molar-refractivity contribution in [3.05, 3.63) is 76.3 Å². The Balaban J connectivity index is 2.01. The van der Waals surface area contributed by atoms with E-state index in [1.165, 1.54) is 12.1 Å². The second kappa shape index (κ2) is 7.07. The Hall–Kier alpha value is -3.41. The SMILES string of the molecule is CC(C)(C)Nc1ccc([N+](=O)[O-])cc1C(=O)Nc1cccc2ccccc12. The Morgan fingerprint density at radius 1 is 0.963 bits per heavy atom. The van der Waals surface area contributed by atoms with Gasteiger partial charge >= 0.3 is 0 Å². The fourth-order valence-electron chi connectivity index (χ4n) is 2.87. The number of carbonyl (C=O) groups is 1. The average molecular weight is 363 g/mol. The van der Waals surface area contributed by atoms with Gasteiger partial charge in [0.05, 0.1) is 10.5 Å². The monoisotopic (exact) mass is 363 g/mol. The summed E-state index contributed by atoms with van der Waals surface area (Å²) in [5, 5.41) is 19.2. The molecule has 6 heteroatoms. The smallest absolute Gasteiger partial charge is 0.270 e. The molecule has 0 aromatic heterocycles. The molecule has 6 nitrogen and oxygen atoms in total. The van der Waals surface area contributed by atoms with Crippen LogP contribution >= 0.6 is 0 Å². The molecule has 3 rings (SSSR count). The van der Waals surface area contributed by atoms with Crippen molar-refractivity contribution in [3.63, 3.8) is 0 Å². The van der Waals surface area contributed by atoms with Crippen LogP contribution < -0.4 is 10.6 Å². The number of rotatable bonds is 4. The first-order chi connectivity index (χ1) is 12.7. The number of hydrogen-bond acceptors (Lipinski definition) is 4. The Morgan fingerprint density at radius 2 is 1.67 bits per heavy atom. The standard InChI is InChI=1S/C21H21N3O3/c1-21(2,3)23-19-12-11-15(24(26)27)13-17(19)20(25)22-18-10-6-8-14-7-4-5-9-16(14)18/h4-13,23H,1-3H3,(H,22,25).